The summed E-state index contributed by atoms with van der Waals surface area (Å²) in [5.41, 5.74) is -0.969. The number of ether oxygens (including phenoxy) is 1. The maximum absolute atomic E-state index is 12.7. The van der Waals surface area contributed by atoms with Gasteiger partial charge in [0, 0.05) is 22.7 Å². The summed E-state index contributed by atoms with van der Waals surface area (Å²) in [6, 6.07) is 11.1. The number of methoxy groups -OCH3 is 1. The van der Waals surface area contributed by atoms with Gasteiger partial charge in [-0.2, -0.15) is 9.78 Å². The molecule has 29 heavy (non-hydrogen) atoms. The van der Waals surface area contributed by atoms with Gasteiger partial charge < -0.3 is 15.2 Å². The molecule has 3 aromatic rings. The molecule has 148 valence electrons. The fraction of sp³-hybridized carbons (Fsp3) is 0.0556. The normalized spacial score (nSPS) is 10.4. The number of non-ortho nitro benzene ring substituents is 1. The Morgan fingerprint density at radius 2 is 1.93 bits per heavy atom. The molecule has 0 spiro atoms. The lowest BCUT2D eigenvalue weighted by Crippen LogP contribution is -2.25. The highest BCUT2D eigenvalue weighted by Gasteiger charge is 2.20. The molecule has 3 rings (SSSR count). The van der Waals surface area contributed by atoms with Gasteiger partial charge in [-0.25, -0.2) is 0 Å². The first-order chi connectivity index (χ1) is 13.8. The molecule has 0 aliphatic carbocycles. The van der Waals surface area contributed by atoms with Crippen molar-refractivity contribution in [3.63, 3.8) is 0 Å². The molecular weight excluding hydrogens is 448 g/mol. The van der Waals surface area contributed by atoms with Crippen LogP contribution in [0.5, 0.6) is 11.5 Å². The molecule has 0 saturated carbocycles. The number of nitrogens with one attached hydrogen (secondary N) is 1. The van der Waals surface area contributed by atoms with Gasteiger partial charge in [0.15, 0.2) is 11.4 Å². The first kappa shape index (κ1) is 20.0. The molecule has 0 bridgehead atoms. The number of benzene rings is 2. The standard InChI is InChI=1S/C18H13BrN4O6/c1-29-15-7-6-12(23(27)28)8-13(15)20-18(26)17-14(24)9-16(25)22(21-17)11-4-2-10(19)3-5-11/h2-9,24H,1H3,(H,20,26). The zero-order chi connectivity index (χ0) is 21.1. The van der Waals surface area contributed by atoms with Gasteiger partial charge in [0.25, 0.3) is 17.2 Å². The van der Waals surface area contributed by atoms with Gasteiger partial charge in [0.05, 0.1) is 23.4 Å². The lowest BCUT2D eigenvalue weighted by molar-refractivity contribution is -0.384. The lowest BCUT2D eigenvalue weighted by atomic mass is 10.2. The van der Waals surface area contributed by atoms with Crippen molar-refractivity contribution in [1.29, 1.82) is 0 Å². The third-order valence-corrected chi connectivity index (χ3v) is 4.37. The van der Waals surface area contributed by atoms with E-state index in [4.69, 9.17) is 4.74 Å². The largest absolute Gasteiger partial charge is 0.505 e. The van der Waals surface area contributed by atoms with E-state index in [0.29, 0.717) is 5.69 Å². The molecule has 0 aliphatic rings. The molecule has 0 saturated heterocycles. The highest BCUT2D eigenvalue weighted by Crippen LogP contribution is 2.29. The molecule has 1 heterocycles. The van der Waals surface area contributed by atoms with E-state index in [0.717, 1.165) is 21.3 Å². The van der Waals surface area contributed by atoms with Gasteiger partial charge in [-0.3, -0.25) is 19.7 Å². The number of nitrogens with zero attached hydrogens (tertiary/aromatic N) is 3. The summed E-state index contributed by atoms with van der Waals surface area (Å²) in [5, 5.41) is 27.4. The molecule has 0 fully saturated rings. The van der Waals surface area contributed by atoms with Crippen LogP contribution in [0, 0.1) is 10.1 Å². The van der Waals surface area contributed by atoms with Crippen molar-refractivity contribution in [2.75, 3.05) is 12.4 Å². The van der Waals surface area contributed by atoms with Crippen molar-refractivity contribution < 1.29 is 19.6 Å². The Bertz CT molecular complexity index is 1160. The molecule has 0 atom stereocenters. The number of hydrogen-bond acceptors (Lipinski definition) is 7. The zero-order valence-corrected chi connectivity index (χ0v) is 16.4. The summed E-state index contributed by atoms with van der Waals surface area (Å²) in [6.07, 6.45) is 0. The Morgan fingerprint density at radius 1 is 1.24 bits per heavy atom. The molecule has 2 N–H and O–H groups in total. The monoisotopic (exact) mass is 460 g/mol. The van der Waals surface area contributed by atoms with Crippen LogP contribution in [0.15, 0.2) is 57.8 Å². The highest BCUT2D eigenvalue weighted by atomic mass is 79.9. The maximum atomic E-state index is 12.7. The average Bonchev–Trinajstić information content (AvgIpc) is 2.68. The Kier molecular flexibility index (Phi) is 5.59. The van der Waals surface area contributed by atoms with Gasteiger partial charge in [-0.15, -0.1) is 0 Å². The van der Waals surface area contributed by atoms with Crippen LogP contribution in [0.2, 0.25) is 0 Å². The number of hydrogen-bond donors (Lipinski definition) is 2. The smallest absolute Gasteiger partial charge is 0.280 e. The van der Waals surface area contributed by atoms with Crippen LogP contribution >= 0.6 is 15.9 Å². The van der Waals surface area contributed by atoms with E-state index in [9.17, 15) is 24.8 Å². The van der Waals surface area contributed by atoms with E-state index in [-0.39, 0.29) is 17.1 Å². The second-order valence-corrected chi connectivity index (χ2v) is 6.62. The second kappa shape index (κ2) is 8.10. The van der Waals surface area contributed by atoms with Gasteiger partial charge >= 0.3 is 0 Å². The molecule has 0 radical (unpaired) electrons. The van der Waals surface area contributed by atoms with Crippen molar-refractivity contribution in [3.05, 3.63) is 79.2 Å². The van der Waals surface area contributed by atoms with Gasteiger partial charge in [-0.1, -0.05) is 15.9 Å². The number of amides is 1. The van der Waals surface area contributed by atoms with Crippen LogP contribution in [0.3, 0.4) is 0 Å². The predicted molar refractivity (Wildman–Crippen MR) is 107 cm³/mol. The first-order valence-electron chi connectivity index (χ1n) is 8.03. The topological polar surface area (TPSA) is 137 Å². The molecule has 1 amide bonds. The van der Waals surface area contributed by atoms with Crippen molar-refractivity contribution in [1.82, 2.24) is 9.78 Å². The number of aromatic hydroxyl groups is 1. The van der Waals surface area contributed by atoms with Crippen LogP contribution < -0.4 is 15.6 Å². The van der Waals surface area contributed by atoms with Crippen LogP contribution in [0.4, 0.5) is 11.4 Å². The van der Waals surface area contributed by atoms with Crippen LogP contribution in [0.25, 0.3) is 5.69 Å². The minimum atomic E-state index is -0.882. The summed E-state index contributed by atoms with van der Waals surface area (Å²) in [6.45, 7) is 0. The lowest BCUT2D eigenvalue weighted by Gasteiger charge is -2.11. The zero-order valence-electron chi connectivity index (χ0n) is 14.8. The Morgan fingerprint density at radius 3 is 2.55 bits per heavy atom. The molecule has 0 unspecified atom stereocenters. The maximum Gasteiger partial charge on any atom is 0.280 e. The van der Waals surface area contributed by atoms with Gasteiger partial charge in [0.1, 0.15) is 5.75 Å². The Labute approximate surface area is 171 Å². The third-order valence-electron chi connectivity index (χ3n) is 3.84. The molecule has 2 aromatic carbocycles. The molecule has 0 aliphatic heterocycles. The first-order valence-corrected chi connectivity index (χ1v) is 8.82. The van der Waals surface area contributed by atoms with E-state index >= 15 is 0 Å². The predicted octanol–water partition coefficient (Wildman–Crippen LogP) is 2.87. The fourth-order valence-corrected chi connectivity index (χ4v) is 2.73. The number of carbonyl (C=O) groups excluding carboxylic acids is 1. The van der Waals surface area contributed by atoms with Crippen LogP contribution in [0.1, 0.15) is 10.5 Å². The van der Waals surface area contributed by atoms with E-state index in [1.54, 1.807) is 24.3 Å². The average molecular weight is 461 g/mol. The van der Waals surface area contributed by atoms with Crippen molar-refractivity contribution in [2.24, 2.45) is 0 Å². The second-order valence-electron chi connectivity index (χ2n) is 5.70. The van der Waals surface area contributed by atoms with Crippen molar-refractivity contribution >= 4 is 33.2 Å². The highest BCUT2D eigenvalue weighted by molar-refractivity contribution is 9.10. The number of aromatic nitrogens is 2. The number of rotatable bonds is 5. The fourth-order valence-electron chi connectivity index (χ4n) is 2.46. The van der Waals surface area contributed by atoms with E-state index < -0.39 is 27.8 Å². The summed E-state index contributed by atoms with van der Waals surface area (Å²) >= 11 is 3.28. The van der Waals surface area contributed by atoms with Crippen molar-refractivity contribution in [2.45, 2.75) is 0 Å². The Balaban J connectivity index is 2.01. The van der Waals surface area contributed by atoms with Crippen LogP contribution in [-0.2, 0) is 0 Å². The number of nitro groups is 1. The quantitative estimate of drug-likeness (QED) is 0.440. The minimum absolute atomic E-state index is 0.00860. The van der Waals surface area contributed by atoms with Gasteiger partial charge in [-0.05, 0) is 30.3 Å². The summed E-state index contributed by atoms with van der Waals surface area (Å²) < 4.78 is 6.82. The minimum Gasteiger partial charge on any atom is -0.505 e. The van der Waals surface area contributed by atoms with Crippen LogP contribution in [-0.4, -0.2) is 32.8 Å². The Hall–Kier alpha value is -3.73. The molecule has 1 aromatic heterocycles. The number of carbonyl (C=O) groups is 1. The molecule has 11 heteroatoms. The summed E-state index contributed by atoms with van der Waals surface area (Å²) in [4.78, 5) is 35.2. The number of nitro benzene ring substituents is 1. The molecular formula is C18H13BrN4O6. The van der Waals surface area contributed by atoms with Gasteiger partial charge in [0.2, 0.25) is 0 Å². The summed E-state index contributed by atoms with van der Waals surface area (Å²) in [7, 11) is 1.33. The van der Waals surface area contributed by atoms with E-state index in [2.05, 4.69) is 26.3 Å². The number of anilines is 1. The number of halogens is 1. The summed E-state index contributed by atoms with van der Waals surface area (Å²) in [5.74, 6) is -1.35. The van der Waals surface area contributed by atoms with E-state index in [1.807, 2.05) is 0 Å². The third kappa shape index (κ3) is 4.24. The SMILES string of the molecule is COc1ccc([N+](=O)[O-])cc1NC(=O)c1nn(-c2ccc(Br)cc2)c(=O)cc1O. The van der Waals surface area contributed by atoms with Crippen molar-refractivity contribution in [3.8, 4) is 17.2 Å². The molecule has 10 nitrogen and oxygen atoms in total. The van der Waals surface area contributed by atoms with E-state index in [1.165, 1.54) is 19.2 Å².